The number of anilines is 1. The van der Waals surface area contributed by atoms with Gasteiger partial charge in [0.05, 0.1) is 13.2 Å². The van der Waals surface area contributed by atoms with Gasteiger partial charge < -0.3 is 10.1 Å². The highest BCUT2D eigenvalue weighted by Crippen LogP contribution is 2.21. The number of halogens is 2. The largest absolute Gasteiger partial charge is 0.379 e. The van der Waals surface area contributed by atoms with Crippen molar-refractivity contribution in [3.8, 4) is 0 Å². The molecule has 2 N–H and O–H groups in total. The number of morpholine rings is 1. The summed E-state index contributed by atoms with van der Waals surface area (Å²) in [7, 11) is 0. The Labute approximate surface area is 185 Å². The molecule has 5 nitrogen and oxygen atoms in total. The van der Waals surface area contributed by atoms with Crippen molar-refractivity contribution in [3.05, 3.63) is 69.7 Å². The molecule has 0 spiro atoms. The van der Waals surface area contributed by atoms with E-state index in [2.05, 4.69) is 15.5 Å². The molecular weight excluding hydrogens is 429 g/mol. The van der Waals surface area contributed by atoms with E-state index < -0.39 is 0 Å². The maximum atomic E-state index is 12.1. The summed E-state index contributed by atoms with van der Waals surface area (Å²) in [6, 6.07) is 13.0. The molecule has 1 aliphatic rings. The first-order valence-corrected chi connectivity index (χ1v) is 10.3. The number of ether oxygens (including phenoxy) is 1. The molecule has 0 saturated carbocycles. The van der Waals surface area contributed by atoms with E-state index in [0.29, 0.717) is 15.6 Å². The Morgan fingerprint density at radius 2 is 1.86 bits per heavy atom. The second kappa shape index (κ2) is 10.7. The van der Waals surface area contributed by atoms with Gasteiger partial charge in [-0.05, 0) is 53.7 Å². The summed E-state index contributed by atoms with van der Waals surface area (Å²) >= 11 is 17.2. The van der Waals surface area contributed by atoms with Crippen LogP contribution in [0.25, 0.3) is 6.08 Å². The average Bonchev–Trinajstić information content (AvgIpc) is 2.69. The lowest BCUT2D eigenvalue weighted by Crippen LogP contribution is -2.35. The van der Waals surface area contributed by atoms with E-state index >= 15 is 0 Å². The molecule has 29 heavy (non-hydrogen) atoms. The fourth-order valence-electron chi connectivity index (χ4n) is 2.83. The van der Waals surface area contributed by atoms with Gasteiger partial charge in [-0.3, -0.25) is 15.0 Å². The van der Waals surface area contributed by atoms with E-state index in [1.54, 1.807) is 24.3 Å². The van der Waals surface area contributed by atoms with Gasteiger partial charge in [0, 0.05) is 41.4 Å². The minimum Gasteiger partial charge on any atom is -0.379 e. The van der Waals surface area contributed by atoms with Gasteiger partial charge in [0.1, 0.15) is 0 Å². The lowest BCUT2D eigenvalue weighted by molar-refractivity contribution is -0.115. The molecule has 1 heterocycles. The Balaban J connectivity index is 1.48. The fourth-order valence-corrected chi connectivity index (χ4v) is 3.52. The normalized spacial score (nSPS) is 14.7. The third kappa shape index (κ3) is 7.10. The van der Waals surface area contributed by atoms with Gasteiger partial charge in [0.25, 0.3) is 0 Å². The second-order valence-corrected chi connectivity index (χ2v) is 7.78. The molecule has 1 fully saturated rings. The van der Waals surface area contributed by atoms with Crippen molar-refractivity contribution >= 4 is 58.2 Å². The summed E-state index contributed by atoms with van der Waals surface area (Å²) in [5.41, 5.74) is 2.72. The lowest BCUT2D eigenvalue weighted by Gasteiger charge is -2.26. The van der Waals surface area contributed by atoms with Gasteiger partial charge in [0.15, 0.2) is 5.11 Å². The highest BCUT2D eigenvalue weighted by atomic mass is 35.5. The standard InChI is InChI=1S/C21H21Cl2N3O2S/c22-17-5-3-16(19(23)13-17)4-8-20(27)25-21(29)24-18-6-1-15(2-7-18)14-26-9-11-28-12-10-26/h1-8,13H,9-12,14H2,(H2,24,25,27,29). The Bertz CT molecular complexity index is 897. The number of thiocarbonyl (C=S) groups is 1. The molecule has 0 bridgehead atoms. The first-order chi connectivity index (χ1) is 14.0. The number of carbonyl (C=O) groups excluding carboxylic acids is 1. The quantitative estimate of drug-likeness (QED) is 0.524. The molecule has 1 aliphatic heterocycles. The molecule has 0 unspecified atom stereocenters. The van der Waals surface area contributed by atoms with Crippen molar-refractivity contribution in [1.82, 2.24) is 10.2 Å². The Kier molecular flexibility index (Phi) is 8.03. The summed E-state index contributed by atoms with van der Waals surface area (Å²) in [6.45, 7) is 4.36. The molecule has 8 heteroatoms. The number of carbonyl (C=O) groups is 1. The molecule has 0 atom stereocenters. The molecule has 0 aromatic heterocycles. The van der Waals surface area contributed by atoms with E-state index in [1.165, 1.54) is 11.6 Å². The number of amides is 1. The van der Waals surface area contributed by atoms with Crippen LogP contribution < -0.4 is 10.6 Å². The summed E-state index contributed by atoms with van der Waals surface area (Å²) in [5.74, 6) is -0.350. The van der Waals surface area contributed by atoms with Crippen LogP contribution in [0, 0.1) is 0 Å². The van der Waals surface area contributed by atoms with E-state index in [4.69, 9.17) is 40.2 Å². The molecule has 0 aliphatic carbocycles. The number of rotatable bonds is 5. The van der Waals surface area contributed by atoms with Crippen molar-refractivity contribution in [1.29, 1.82) is 0 Å². The van der Waals surface area contributed by atoms with E-state index in [1.807, 2.05) is 24.3 Å². The number of nitrogens with one attached hydrogen (secondary N) is 2. The molecule has 2 aromatic rings. The number of nitrogens with zero attached hydrogens (tertiary/aromatic N) is 1. The highest BCUT2D eigenvalue weighted by molar-refractivity contribution is 7.80. The van der Waals surface area contributed by atoms with Crippen LogP contribution in [-0.4, -0.2) is 42.2 Å². The Hall–Kier alpha value is -1.96. The van der Waals surface area contributed by atoms with Crippen LogP contribution in [0.15, 0.2) is 48.5 Å². The predicted octanol–water partition coefficient (Wildman–Crippen LogP) is 4.35. The lowest BCUT2D eigenvalue weighted by atomic mass is 10.2. The zero-order valence-corrected chi connectivity index (χ0v) is 18.0. The Morgan fingerprint density at radius 1 is 1.14 bits per heavy atom. The van der Waals surface area contributed by atoms with Gasteiger partial charge in [-0.1, -0.05) is 41.4 Å². The van der Waals surface area contributed by atoms with E-state index in [0.717, 1.165) is 38.5 Å². The summed E-state index contributed by atoms with van der Waals surface area (Å²) in [6.07, 6.45) is 2.98. The first kappa shape index (κ1) is 21.7. The van der Waals surface area contributed by atoms with Crippen molar-refractivity contribution < 1.29 is 9.53 Å². The van der Waals surface area contributed by atoms with Crippen LogP contribution in [0.3, 0.4) is 0 Å². The molecule has 1 amide bonds. The van der Waals surface area contributed by atoms with Crippen molar-refractivity contribution in [2.75, 3.05) is 31.6 Å². The van der Waals surface area contributed by atoms with Gasteiger partial charge in [-0.2, -0.15) is 0 Å². The SMILES string of the molecule is O=C(C=Cc1ccc(Cl)cc1Cl)NC(=S)Nc1ccc(CN2CCOCC2)cc1. The minimum absolute atomic E-state index is 0.225. The van der Waals surface area contributed by atoms with Crippen LogP contribution in [0.5, 0.6) is 0 Å². The number of benzene rings is 2. The smallest absolute Gasteiger partial charge is 0.250 e. The zero-order chi connectivity index (χ0) is 20.6. The van der Waals surface area contributed by atoms with Gasteiger partial charge in [0.2, 0.25) is 5.91 Å². The Morgan fingerprint density at radius 3 is 2.55 bits per heavy atom. The highest BCUT2D eigenvalue weighted by Gasteiger charge is 2.10. The summed E-state index contributed by atoms with van der Waals surface area (Å²) in [4.78, 5) is 14.4. The molecule has 1 saturated heterocycles. The second-order valence-electron chi connectivity index (χ2n) is 6.53. The van der Waals surface area contributed by atoms with Crippen molar-refractivity contribution in [2.45, 2.75) is 6.54 Å². The van der Waals surface area contributed by atoms with Crippen LogP contribution in [-0.2, 0) is 16.1 Å². The number of hydrogen-bond acceptors (Lipinski definition) is 4. The molecule has 3 rings (SSSR count). The van der Waals surface area contributed by atoms with Crippen LogP contribution >= 0.6 is 35.4 Å². The fraction of sp³-hybridized carbons (Fsp3) is 0.238. The zero-order valence-electron chi connectivity index (χ0n) is 15.7. The molecule has 152 valence electrons. The molecular formula is C21H21Cl2N3O2S. The van der Waals surface area contributed by atoms with Crippen LogP contribution in [0.4, 0.5) is 5.69 Å². The van der Waals surface area contributed by atoms with Crippen LogP contribution in [0.1, 0.15) is 11.1 Å². The van der Waals surface area contributed by atoms with Crippen molar-refractivity contribution in [2.24, 2.45) is 0 Å². The molecule has 2 aromatic carbocycles. The predicted molar refractivity (Wildman–Crippen MR) is 122 cm³/mol. The number of hydrogen-bond donors (Lipinski definition) is 2. The maximum Gasteiger partial charge on any atom is 0.250 e. The minimum atomic E-state index is -0.350. The van der Waals surface area contributed by atoms with Gasteiger partial charge in [-0.15, -0.1) is 0 Å². The van der Waals surface area contributed by atoms with Crippen molar-refractivity contribution in [3.63, 3.8) is 0 Å². The maximum absolute atomic E-state index is 12.1. The topological polar surface area (TPSA) is 53.6 Å². The monoisotopic (exact) mass is 449 g/mol. The third-order valence-electron chi connectivity index (χ3n) is 4.34. The van der Waals surface area contributed by atoms with Crippen LogP contribution in [0.2, 0.25) is 10.0 Å². The first-order valence-electron chi connectivity index (χ1n) is 9.14. The van der Waals surface area contributed by atoms with E-state index in [-0.39, 0.29) is 11.0 Å². The third-order valence-corrected chi connectivity index (χ3v) is 5.10. The van der Waals surface area contributed by atoms with E-state index in [9.17, 15) is 4.79 Å². The molecule has 0 radical (unpaired) electrons. The summed E-state index contributed by atoms with van der Waals surface area (Å²) < 4.78 is 5.37. The summed E-state index contributed by atoms with van der Waals surface area (Å²) in [5, 5.41) is 6.86. The van der Waals surface area contributed by atoms with Gasteiger partial charge in [-0.25, -0.2) is 0 Å². The average molecular weight is 450 g/mol. The van der Waals surface area contributed by atoms with Gasteiger partial charge >= 0.3 is 0 Å².